The van der Waals surface area contributed by atoms with Crippen molar-refractivity contribution in [1.29, 1.82) is 0 Å². The summed E-state index contributed by atoms with van der Waals surface area (Å²) in [6.45, 7) is 5.88. The van der Waals surface area contributed by atoms with Crippen LogP contribution < -0.4 is 4.74 Å². The molecule has 0 amide bonds. The largest absolute Gasteiger partial charge is 0.472 e. The second-order valence-corrected chi connectivity index (χ2v) is 5.16. The summed E-state index contributed by atoms with van der Waals surface area (Å²) in [5.41, 5.74) is 1.18. The SMILES string of the molecule is Cc1cccc(OC(C(C)O)N2CCCCC2)c1. The van der Waals surface area contributed by atoms with Crippen LogP contribution in [0.5, 0.6) is 5.75 Å². The molecule has 100 valence electrons. The molecule has 0 aromatic heterocycles. The molecule has 1 N–H and O–H groups in total. The van der Waals surface area contributed by atoms with Crippen molar-refractivity contribution in [1.82, 2.24) is 4.90 Å². The van der Waals surface area contributed by atoms with Gasteiger partial charge >= 0.3 is 0 Å². The van der Waals surface area contributed by atoms with Crippen molar-refractivity contribution in [2.45, 2.75) is 45.4 Å². The van der Waals surface area contributed by atoms with Crippen molar-refractivity contribution in [3.8, 4) is 5.75 Å². The van der Waals surface area contributed by atoms with Crippen molar-refractivity contribution in [3.63, 3.8) is 0 Å². The van der Waals surface area contributed by atoms with Crippen molar-refractivity contribution in [3.05, 3.63) is 29.8 Å². The molecule has 0 saturated carbocycles. The summed E-state index contributed by atoms with van der Waals surface area (Å²) in [5.74, 6) is 0.839. The third-order valence-corrected chi connectivity index (χ3v) is 3.41. The molecule has 1 heterocycles. The smallest absolute Gasteiger partial charge is 0.178 e. The van der Waals surface area contributed by atoms with E-state index in [-0.39, 0.29) is 6.23 Å². The van der Waals surface area contributed by atoms with Gasteiger partial charge in [0.2, 0.25) is 0 Å². The van der Waals surface area contributed by atoms with E-state index in [1.807, 2.05) is 31.2 Å². The summed E-state index contributed by atoms with van der Waals surface area (Å²) in [7, 11) is 0. The summed E-state index contributed by atoms with van der Waals surface area (Å²) in [6, 6.07) is 8.00. The van der Waals surface area contributed by atoms with Gasteiger partial charge in [-0.2, -0.15) is 0 Å². The van der Waals surface area contributed by atoms with E-state index in [0.717, 1.165) is 18.8 Å². The maximum Gasteiger partial charge on any atom is 0.178 e. The molecular weight excluding hydrogens is 226 g/mol. The van der Waals surface area contributed by atoms with Gasteiger partial charge in [0, 0.05) is 13.1 Å². The number of hydrogen-bond acceptors (Lipinski definition) is 3. The van der Waals surface area contributed by atoms with Crippen molar-refractivity contribution in [2.24, 2.45) is 0 Å². The maximum absolute atomic E-state index is 9.93. The molecule has 3 nitrogen and oxygen atoms in total. The van der Waals surface area contributed by atoms with Gasteiger partial charge < -0.3 is 9.84 Å². The van der Waals surface area contributed by atoms with Crippen molar-refractivity contribution < 1.29 is 9.84 Å². The van der Waals surface area contributed by atoms with E-state index in [1.54, 1.807) is 6.92 Å². The molecule has 1 aliphatic rings. The van der Waals surface area contributed by atoms with E-state index in [9.17, 15) is 5.11 Å². The molecule has 18 heavy (non-hydrogen) atoms. The quantitative estimate of drug-likeness (QED) is 0.890. The van der Waals surface area contributed by atoms with Gasteiger partial charge in [-0.1, -0.05) is 18.6 Å². The van der Waals surface area contributed by atoms with E-state index in [4.69, 9.17) is 4.74 Å². The van der Waals surface area contributed by atoms with Crippen LogP contribution in [-0.2, 0) is 0 Å². The second-order valence-electron chi connectivity index (χ2n) is 5.16. The highest BCUT2D eigenvalue weighted by Crippen LogP contribution is 2.20. The van der Waals surface area contributed by atoms with Crippen LogP contribution in [0.15, 0.2) is 24.3 Å². The lowest BCUT2D eigenvalue weighted by Gasteiger charge is -2.36. The Hall–Kier alpha value is -1.06. The molecule has 0 spiro atoms. The number of aryl methyl sites for hydroxylation is 1. The first kappa shape index (κ1) is 13.4. The van der Waals surface area contributed by atoms with Gasteiger partial charge in [-0.15, -0.1) is 0 Å². The molecule has 1 saturated heterocycles. The summed E-state index contributed by atoms with van der Waals surface area (Å²) in [5, 5.41) is 9.93. The first-order chi connectivity index (χ1) is 8.66. The fourth-order valence-electron chi connectivity index (χ4n) is 2.48. The molecule has 1 fully saturated rings. The number of aliphatic hydroxyl groups excluding tert-OH is 1. The van der Waals surface area contributed by atoms with E-state index in [1.165, 1.54) is 24.8 Å². The number of piperidine rings is 1. The number of ether oxygens (including phenoxy) is 1. The third-order valence-electron chi connectivity index (χ3n) is 3.41. The van der Waals surface area contributed by atoms with E-state index >= 15 is 0 Å². The minimum atomic E-state index is -0.483. The fraction of sp³-hybridized carbons (Fsp3) is 0.600. The Labute approximate surface area is 109 Å². The van der Waals surface area contributed by atoms with Gasteiger partial charge in [-0.25, -0.2) is 0 Å². The van der Waals surface area contributed by atoms with E-state index < -0.39 is 6.10 Å². The first-order valence-electron chi connectivity index (χ1n) is 6.82. The Kier molecular flexibility index (Phi) is 4.61. The molecule has 2 atom stereocenters. The molecule has 2 unspecified atom stereocenters. The molecule has 0 radical (unpaired) electrons. The second kappa shape index (κ2) is 6.21. The minimum absolute atomic E-state index is 0.230. The number of aliphatic hydroxyl groups is 1. The number of rotatable bonds is 4. The molecule has 2 rings (SSSR count). The molecule has 0 bridgehead atoms. The van der Waals surface area contributed by atoms with E-state index in [0.29, 0.717) is 0 Å². The van der Waals surface area contributed by atoms with Crippen LogP contribution in [0.2, 0.25) is 0 Å². The summed E-state index contributed by atoms with van der Waals surface area (Å²) in [6.07, 6.45) is 2.96. The van der Waals surface area contributed by atoms with Gasteiger partial charge in [-0.05, 0) is 44.4 Å². The Morgan fingerprint density at radius 1 is 1.22 bits per heavy atom. The predicted molar refractivity (Wildman–Crippen MR) is 72.7 cm³/mol. The van der Waals surface area contributed by atoms with Crippen molar-refractivity contribution in [2.75, 3.05) is 13.1 Å². The zero-order valence-corrected chi connectivity index (χ0v) is 11.3. The van der Waals surface area contributed by atoms with Gasteiger partial charge in [0.25, 0.3) is 0 Å². The molecule has 1 aromatic carbocycles. The summed E-state index contributed by atoms with van der Waals surface area (Å²) in [4.78, 5) is 2.25. The highest BCUT2D eigenvalue weighted by molar-refractivity contribution is 5.27. The highest BCUT2D eigenvalue weighted by atomic mass is 16.5. The minimum Gasteiger partial charge on any atom is -0.472 e. The zero-order chi connectivity index (χ0) is 13.0. The normalized spacial score (nSPS) is 20.4. The number of benzene rings is 1. The van der Waals surface area contributed by atoms with E-state index in [2.05, 4.69) is 4.90 Å². The lowest BCUT2D eigenvalue weighted by molar-refractivity contribution is -0.0652. The van der Waals surface area contributed by atoms with Crippen LogP contribution in [0.4, 0.5) is 0 Å². The number of nitrogens with zero attached hydrogens (tertiary/aromatic N) is 1. The van der Waals surface area contributed by atoms with Gasteiger partial charge in [-0.3, -0.25) is 4.90 Å². The van der Waals surface area contributed by atoms with Gasteiger partial charge in [0.05, 0.1) is 0 Å². The van der Waals surface area contributed by atoms with Crippen LogP contribution in [-0.4, -0.2) is 35.4 Å². The Morgan fingerprint density at radius 3 is 2.56 bits per heavy atom. The molecule has 0 aliphatic carbocycles. The molecule has 1 aromatic rings. The van der Waals surface area contributed by atoms with Crippen molar-refractivity contribution >= 4 is 0 Å². The average molecular weight is 249 g/mol. The summed E-state index contributed by atoms with van der Waals surface area (Å²) < 4.78 is 5.97. The fourth-order valence-corrected chi connectivity index (χ4v) is 2.48. The topological polar surface area (TPSA) is 32.7 Å². The maximum atomic E-state index is 9.93. The average Bonchev–Trinajstić information content (AvgIpc) is 2.37. The van der Waals surface area contributed by atoms with Crippen LogP contribution in [0.1, 0.15) is 31.7 Å². The van der Waals surface area contributed by atoms with Gasteiger partial charge in [0.15, 0.2) is 6.23 Å². The Bertz CT molecular complexity index is 373. The third kappa shape index (κ3) is 3.47. The highest BCUT2D eigenvalue weighted by Gasteiger charge is 2.26. The van der Waals surface area contributed by atoms with Crippen LogP contribution >= 0.6 is 0 Å². The predicted octanol–water partition coefficient (Wildman–Crippen LogP) is 2.57. The van der Waals surface area contributed by atoms with Crippen LogP contribution in [0.25, 0.3) is 0 Å². The molecule has 3 heteroatoms. The zero-order valence-electron chi connectivity index (χ0n) is 11.3. The lowest BCUT2D eigenvalue weighted by atomic mass is 10.1. The monoisotopic (exact) mass is 249 g/mol. The number of hydrogen-bond donors (Lipinski definition) is 1. The molecule has 1 aliphatic heterocycles. The standard InChI is InChI=1S/C15H23NO2/c1-12-7-6-8-14(11-12)18-15(13(2)17)16-9-4-3-5-10-16/h6-8,11,13,15,17H,3-5,9-10H2,1-2H3. The van der Waals surface area contributed by atoms with Crippen LogP contribution in [0, 0.1) is 6.92 Å². The first-order valence-corrected chi connectivity index (χ1v) is 6.82. The number of likely N-dealkylation sites (tertiary alicyclic amines) is 1. The van der Waals surface area contributed by atoms with Crippen LogP contribution in [0.3, 0.4) is 0 Å². The Morgan fingerprint density at radius 2 is 1.94 bits per heavy atom. The van der Waals surface area contributed by atoms with Gasteiger partial charge in [0.1, 0.15) is 11.9 Å². The Balaban J connectivity index is 2.05. The molecular formula is C15H23NO2. The lowest BCUT2D eigenvalue weighted by Crippen LogP contribution is -2.48. The summed E-state index contributed by atoms with van der Waals surface area (Å²) >= 11 is 0.